The van der Waals surface area contributed by atoms with Crippen LogP contribution in [0.25, 0.3) is 0 Å². The lowest BCUT2D eigenvalue weighted by atomic mass is 9.95. The summed E-state index contributed by atoms with van der Waals surface area (Å²) < 4.78 is 5.64. The van der Waals surface area contributed by atoms with Crippen LogP contribution in [0.4, 0.5) is 0 Å². The molecule has 1 rings (SSSR count). The van der Waals surface area contributed by atoms with Crippen LogP contribution in [0.3, 0.4) is 0 Å². The Labute approximate surface area is 145 Å². The van der Waals surface area contributed by atoms with Gasteiger partial charge in [-0.3, -0.25) is 4.79 Å². The van der Waals surface area contributed by atoms with Crippen molar-refractivity contribution in [2.45, 2.75) is 39.3 Å². The molecule has 0 amide bonds. The summed E-state index contributed by atoms with van der Waals surface area (Å²) >= 11 is 0. The van der Waals surface area contributed by atoms with Gasteiger partial charge >= 0.3 is 5.97 Å². The fourth-order valence-corrected chi connectivity index (χ4v) is 2.50. The van der Waals surface area contributed by atoms with E-state index in [-0.39, 0.29) is 12.0 Å². The van der Waals surface area contributed by atoms with Gasteiger partial charge in [0.2, 0.25) is 0 Å². The maximum Gasteiger partial charge on any atom is 0.308 e. The molecule has 4 heteroatoms. The lowest BCUT2D eigenvalue weighted by Gasteiger charge is -2.21. The van der Waals surface area contributed by atoms with Gasteiger partial charge in [-0.05, 0) is 18.9 Å². The number of hydrogen-bond donors (Lipinski definition) is 2. The molecule has 4 atom stereocenters. The Kier molecular flexibility index (Phi) is 8.44. The molecule has 0 radical (unpaired) electrons. The first kappa shape index (κ1) is 20.1. The average Bonchev–Trinajstić information content (AvgIpc) is 2.57. The fraction of sp³-hybridized carbons (Fsp3) is 0.450. The molecule has 0 saturated heterocycles. The van der Waals surface area contributed by atoms with E-state index < -0.39 is 17.9 Å². The molecule has 4 nitrogen and oxygen atoms in total. The molecule has 0 aromatic heterocycles. The molecule has 4 unspecified atom stereocenters. The highest BCUT2D eigenvalue weighted by atomic mass is 16.5. The molecule has 3 N–H and O–H groups in total. The standard InChI is InChI=1S/C20H29NO3/c1-14(10-11-18(21)16(3)20(22)23)12-15(2)19(24-4)13-17-8-6-5-7-9-17/h5-12,15-16,18-19H,13,21H2,1-4H3,(H,22,23). The van der Waals surface area contributed by atoms with Crippen LogP contribution in [0.15, 0.2) is 54.1 Å². The van der Waals surface area contributed by atoms with Crippen molar-refractivity contribution in [3.63, 3.8) is 0 Å². The van der Waals surface area contributed by atoms with E-state index in [1.54, 1.807) is 20.1 Å². The zero-order valence-corrected chi connectivity index (χ0v) is 15.0. The molecule has 0 spiro atoms. The third-order valence-corrected chi connectivity index (χ3v) is 4.24. The first-order chi connectivity index (χ1) is 11.3. The maximum absolute atomic E-state index is 10.9. The number of methoxy groups -OCH3 is 1. The largest absolute Gasteiger partial charge is 0.481 e. The molecule has 0 aliphatic heterocycles. The summed E-state index contributed by atoms with van der Waals surface area (Å²) in [6.07, 6.45) is 6.70. The molecular weight excluding hydrogens is 302 g/mol. The van der Waals surface area contributed by atoms with Crippen molar-refractivity contribution in [2.24, 2.45) is 17.6 Å². The van der Waals surface area contributed by atoms with Gasteiger partial charge in [0.15, 0.2) is 0 Å². The van der Waals surface area contributed by atoms with E-state index in [2.05, 4.69) is 25.1 Å². The van der Waals surface area contributed by atoms with Crippen LogP contribution < -0.4 is 5.73 Å². The van der Waals surface area contributed by atoms with Crippen molar-refractivity contribution in [2.75, 3.05) is 7.11 Å². The second-order valence-corrected chi connectivity index (χ2v) is 6.30. The van der Waals surface area contributed by atoms with Gasteiger partial charge in [0, 0.05) is 19.1 Å². The van der Waals surface area contributed by atoms with Crippen molar-refractivity contribution in [3.05, 3.63) is 59.7 Å². The van der Waals surface area contributed by atoms with Crippen molar-refractivity contribution < 1.29 is 14.6 Å². The van der Waals surface area contributed by atoms with E-state index >= 15 is 0 Å². The first-order valence-corrected chi connectivity index (χ1v) is 8.26. The van der Waals surface area contributed by atoms with Crippen molar-refractivity contribution in [3.8, 4) is 0 Å². The van der Waals surface area contributed by atoms with Crippen LogP contribution in [-0.4, -0.2) is 30.3 Å². The minimum Gasteiger partial charge on any atom is -0.481 e. The van der Waals surface area contributed by atoms with Crippen LogP contribution in [0.2, 0.25) is 0 Å². The van der Waals surface area contributed by atoms with E-state index in [9.17, 15) is 4.79 Å². The number of carboxylic acids is 1. The van der Waals surface area contributed by atoms with Crippen LogP contribution in [0, 0.1) is 11.8 Å². The van der Waals surface area contributed by atoms with E-state index in [0.29, 0.717) is 0 Å². The van der Waals surface area contributed by atoms with Gasteiger partial charge in [0.25, 0.3) is 0 Å². The van der Waals surface area contributed by atoms with Gasteiger partial charge < -0.3 is 15.6 Å². The molecule has 0 aliphatic rings. The van der Waals surface area contributed by atoms with E-state index in [4.69, 9.17) is 15.6 Å². The molecule has 1 aromatic carbocycles. The molecular formula is C20H29NO3. The minimum absolute atomic E-state index is 0.0855. The predicted molar refractivity (Wildman–Crippen MR) is 97.8 cm³/mol. The molecule has 24 heavy (non-hydrogen) atoms. The van der Waals surface area contributed by atoms with Crippen LogP contribution in [0.1, 0.15) is 26.3 Å². The van der Waals surface area contributed by atoms with E-state index in [1.165, 1.54) is 5.56 Å². The van der Waals surface area contributed by atoms with Gasteiger partial charge in [-0.25, -0.2) is 0 Å². The Morgan fingerprint density at radius 2 is 1.92 bits per heavy atom. The lowest BCUT2D eigenvalue weighted by Crippen LogP contribution is -2.31. The summed E-state index contributed by atoms with van der Waals surface area (Å²) in [5.41, 5.74) is 8.16. The number of allylic oxidation sites excluding steroid dienone is 2. The maximum atomic E-state index is 10.9. The van der Waals surface area contributed by atoms with Crippen molar-refractivity contribution in [1.29, 1.82) is 0 Å². The summed E-state index contributed by atoms with van der Waals surface area (Å²) in [7, 11) is 1.73. The second kappa shape index (κ2) is 10.1. The number of benzene rings is 1. The minimum atomic E-state index is -0.885. The SMILES string of the molecule is COC(Cc1ccccc1)C(C)C=C(C)C=CC(N)C(C)C(=O)O. The third-order valence-electron chi connectivity index (χ3n) is 4.24. The van der Waals surface area contributed by atoms with Gasteiger partial charge in [0.1, 0.15) is 0 Å². The number of ether oxygens (including phenoxy) is 1. The molecule has 0 fully saturated rings. The molecule has 0 heterocycles. The van der Waals surface area contributed by atoms with Gasteiger partial charge in [0.05, 0.1) is 12.0 Å². The number of carboxylic acid groups (broad SMARTS) is 1. The summed E-state index contributed by atoms with van der Waals surface area (Å²) in [5, 5.41) is 8.96. The summed E-state index contributed by atoms with van der Waals surface area (Å²) in [4.78, 5) is 10.9. The quantitative estimate of drug-likeness (QED) is 0.680. The Morgan fingerprint density at radius 1 is 1.29 bits per heavy atom. The molecule has 0 aliphatic carbocycles. The number of rotatable bonds is 9. The average molecular weight is 331 g/mol. The van der Waals surface area contributed by atoms with Crippen molar-refractivity contribution in [1.82, 2.24) is 0 Å². The topological polar surface area (TPSA) is 72.5 Å². The predicted octanol–water partition coefficient (Wildman–Crippen LogP) is 3.43. The molecule has 0 saturated carbocycles. The van der Waals surface area contributed by atoms with E-state index in [0.717, 1.165) is 12.0 Å². The van der Waals surface area contributed by atoms with Gasteiger partial charge in [-0.1, -0.05) is 68.0 Å². The number of aliphatic carboxylic acids is 1. The fourth-order valence-electron chi connectivity index (χ4n) is 2.50. The number of nitrogens with two attached hydrogens (primary N) is 1. The zero-order valence-electron chi connectivity index (χ0n) is 15.0. The Hall–Kier alpha value is -1.91. The Balaban J connectivity index is 2.69. The van der Waals surface area contributed by atoms with Crippen LogP contribution >= 0.6 is 0 Å². The first-order valence-electron chi connectivity index (χ1n) is 8.26. The summed E-state index contributed by atoms with van der Waals surface area (Å²) in [6.45, 7) is 5.72. The Bertz CT molecular complexity index is 566. The second-order valence-electron chi connectivity index (χ2n) is 6.30. The van der Waals surface area contributed by atoms with Gasteiger partial charge in [-0.2, -0.15) is 0 Å². The third kappa shape index (κ3) is 6.69. The molecule has 1 aromatic rings. The van der Waals surface area contributed by atoms with Crippen LogP contribution in [0.5, 0.6) is 0 Å². The van der Waals surface area contributed by atoms with Crippen LogP contribution in [-0.2, 0) is 16.0 Å². The normalized spacial score (nSPS) is 17.5. The molecule has 132 valence electrons. The lowest BCUT2D eigenvalue weighted by molar-refractivity contribution is -0.141. The van der Waals surface area contributed by atoms with Gasteiger partial charge in [-0.15, -0.1) is 0 Å². The highest BCUT2D eigenvalue weighted by Crippen LogP contribution is 2.17. The monoisotopic (exact) mass is 331 g/mol. The summed E-state index contributed by atoms with van der Waals surface area (Å²) in [5.74, 6) is -1.26. The van der Waals surface area contributed by atoms with Crippen molar-refractivity contribution >= 4 is 5.97 Å². The zero-order chi connectivity index (χ0) is 18.1. The smallest absolute Gasteiger partial charge is 0.308 e. The highest BCUT2D eigenvalue weighted by Gasteiger charge is 2.17. The number of hydrogen-bond acceptors (Lipinski definition) is 3. The highest BCUT2D eigenvalue weighted by molar-refractivity contribution is 5.70. The van der Waals surface area contributed by atoms with E-state index in [1.807, 2.05) is 31.2 Å². The summed E-state index contributed by atoms with van der Waals surface area (Å²) in [6, 6.07) is 9.76. The number of carbonyl (C=O) groups is 1. The Morgan fingerprint density at radius 3 is 2.46 bits per heavy atom. The molecule has 0 bridgehead atoms.